The Hall–Kier alpha value is -4.94. The molecule has 1 aliphatic rings. The van der Waals surface area contributed by atoms with Gasteiger partial charge in [0.15, 0.2) is 0 Å². The molecule has 0 heteroatoms. The van der Waals surface area contributed by atoms with Crippen molar-refractivity contribution in [2.45, 2.75) is 159 Å². The maximum Gasteiger partial charge on any atom is -0.00263 e. The molecule has 0 nitrogen and oxygen atoms in total. The van der Waals surface area contributed by atoms with Crippen LogP contribution in [0.3, 0.4) is 0 Å². The molecule has 0 N–H and O–H groups in total. The summed E-state index contributed by atoms with van der Waals surface area (Å²) in [5.74, 6) is 1.93. The van der Waals surface area contributed by atoms with Crippen LogP contribution in [-0.4, -0.2) is 0 Å². The van der Waals surface area contributed by atoms with Crippen molar-refractivity contribution in [3.05, 3.63) is 150 Å². The Balaban J connectivity index is 0.00000320. The van der Waals surface area contributed by atoms with Gasteiger partial charge in [-0.2, -0.15) is 0 Å². The highest BCUT2D eigenvalue weighted by atomic mass is 14.3. The highest BCUT2D eigenvalue weighted by Crippen LogP contribution is 2.48. The third-order valence-electron chi connectivity index (χ3n) is 15.1. The minimum atomic E-state index is 0.00640. The van der Waals surface area contributed by atoms with E-state index < -0.39 is 0 Å². The van der Waals surface area contributed by atoms with Gasteiger partial charge in [0.05, 0.1) is 0 Å². The minimum Gasteiger partial charge on any atom is -0.0800 e. The van der Waals surface area contributed by atoms with E-state index in [0.29, 0.717) is 17.8 Å². The Morgan fingerprint density at radius 2 is 0.894 bits per heavy atom. The number of benzene rings is 7. The maximum absolute atomic E-state index is 2.70. The molecule has 7 aromatic rings. The summed E-state index contributed by atoms with van der Waals surface area (Å²) < 4.78 is 0. The van der Waals surface area contributed by atoms with E-state index in [1.165, 1.54) is 140 Å². The lowest BCUT2D eigenvalue weighted by atomic mass is 9.75. The summed E-state index contributed by atoms with van der Waals surface area (Å²) >= 11 is 0. The first-order valence-corrected chi connectivity index (χ1v) is 26.3. The van der Waals surface area contributed by atoms with Crippen LogP contribution in [0.5, 0.6) is 0 Å². The molecule has 0 saturated heterocycles. The van der Waals surface area contributed by atoms with Crippen molar-refractivity contribution in [2.75, 3.05) is 0 Å². The standard InChI is InChI=1S/C64H76.C2H6/c1-11-15-23-43(13-3)39-48-41-57-58(42-49(48)40-44(14-4)24-16-12-2)61(47-35-37-50(38-36-47)63(5,6)7)52-26-18-17-25-51(52)60(57)46-33-31-45(32-34-46)59-53-27-19-21-29-55(53)62(64(8,9)10)56-30-22-20-28-54(56)59;1-2/h17-22,25-37,41-44,50H,11-16,23-24,38-40H2,1-10H3;1-2H3. The van der Waals surface area contributed by atoms with Crippen molar-refractivity contribution in [3.63, 3.8) is 0 Å². The average molecular weight is 875 g/mol. The van der Waals surface area contributed by atoms with Gasteiger partial charge in [0, 0.05) is 0 Å². The number of rotatable bonds is 15. The molecule has 3 unspecified atom stereocenters. The van der Waals surface area contributed by atoms with E-state index in [1.54, 1.807) is 11.1 Å². The van der Waals surface area contributed by atoms with Crippen LogP contribution >= 0.6 is 0 Å². The number of unbranched alkanes of at least 4 members (excludes halogenated alkanes) is 2. The van der Waals surface area contributed by atoms with Gasteiger partial charge in [0.25, 0.3) is 0 Å². The molecule has 0 bridgehead atoms. The van der Waals surface area contributed by atoms with Crippen LogP contribution in [0.15, 0.2) is 127 Å². The second-order valence-corrected chi connectivity index (χ2v) is 21.6. The van der Waals surface area contributed by atoms with Crippen LogP contribution in [0.1, 0.15) is 163 Å². The third kappa shape index (κ3) is 10.1. The smallest absolute Gasteiger partial charge is 0.00263 e. The Bertz CT molecular complexity index is 2750. The molecule has 0 aliphatic heterocycles. The molecule has 1 aliphatic carbocycles. The molecule has 0 aromatic heterocycles. The second-order valence-electron chi connectivity index (χ2n) is 21.6. The summed E-state index contributed by atoms with van der Waals surface area (Å²) in [5.41, 5.74) is 12.9. The van der Waals surface area contributed by atoms with Gasteiger partial charge in [-0.15, -0.1) is 0 Å². The summed E-state index contributed by atoms with van der Waals surface area (Å²) in [6.07, 6.45) is 21.2. The molecule has 0 saturated carbocycles. The third-order valence-corrected chi connectivity index (χ3v) is 15.1. The second kappa shape index (κ2) is 21.3. The summed E-state index contributed by atoms with van der Waals surface area (Å²) in [6, 6.07) is 42.6. The van der Waals surface area contributed by atoms with Crippen molar-refractivity contribution in [1.82, 2.24) is 0 Å². The van der Waals surface area contributed by atoms with Crippen molar-refractivity contribution in [1.29, 1.82) is 0 Å². The lowest BCUT2D eigenvalue weighted by Crippen LogP contribution is -2.19. The zero-order valence-electron chi connectivity index (χ0n) is 43.1. The van der Waals surface area contributed by atoms with Gasteiger partial charge >= 0.3 is 0 Å². The largest absolute Gasteiger partial charge is 0.0800 e. The molecular formula is C66H82. The summed E-state index contributed by atoms with van der Waals surface area (Å²) in [5, 5.41) is 10.9. The molecule has 66 heavy (non-hydrogen) atoms. The van der Waals surface area contributed by atoms with Gasteiger partial charge in [0.2, 0.25) is 0 Å². The molecule has 0 spiro atoms. The quantitative estimate of drug-likeness (QED) is 0.0901. The predicted molar refractivity (Wildman–Crippen MR) is 296 cm³/mol. The van der Waals surface area contributed by atoms with E-state index in [1.807, 2.05) is 13.8 Å². The highest BCUT2D eigenvalue weighted by molar-refractivity contribution is 6.20. The van der Waals surface area contributed by atoms with Gasteiger partial charge in [-0.25, -0.2) is 0 Å². The molecule has 7 aromatic carbocycles. The Morgan fingerprint density at radius 1 is 0.500 bits per heavy atom. The molecular weight excluding hydrogens is 793 g/mol. The van der Waals surface area contributed by atoms with Gasteiger partial charge in [-0.05, 0) is 141 Å². The fraction of sp³-hybridized carbons (Fsp3) is 0.424. The molecule has 3 atom stereocenters. The number of hydrogen-bond donors (Lipinski definition) is 0. The van der Waals surface area contributed by atoms with Crippen LogP contribution in [0.2, 0.25) is 0 Å². The van der Waals surface area contributed by atoms with Gasteiger partial charge in [-0.3, -0.25) is 0 Å². The minimum absolute atomic E-state index is 0.00640. The first-order valence-electron chi connectivity index (χ1n) is 26.3. The van der Waals surface area contributed by atoms with Gasteiger partial charge in [0.1, 0.15) is 0 Å². The van der Waals surface area contributed by atoms with Crippen LogP contribution in [0, 0.1) is 23.2 Å². The van der Waals surface area contributed by atoms with Crippen LogP contribution < -0.4 is 0 Å². The Labute approximate surface area is 401 Å². The average Bonchev–Trinajstić information content (AvgIpc) is 3.32. The SMILES string of the molecule is CC.CCCCC(CC)Cc1cc2c(C3=CCC(C(C)(C)C)C=C3)c3ccccc3c(-c3ccc(-c4c5ccccc5c(C(C)(C)C)c5ccccc45)cc3)c2cc1CC(CC)CCCC. The topological polar surface area (TPSA) is 0 Å². The van der Waals surface area contributed by atoms with Crippen molar-refractivity contribution in [3.8, 4) is 22.3 Å². The number of hydrogen-bond acceptors (Lipinski definition) is 0. The van der Waals surface area contributed by atoms with Crippen LogP contribution in [0.4, 0.5) is 0 Å². The first-order chi connectivity index (χ1) is 31.9. The monoisotopic (exact) mass is 875 g/mol. The number of allylic oxidation sites excluding steroid dienone is 4. The molecule has 0 radical (unpaired) electrons. The summed E-state index contributed by atoms with van der Waals surface area (Å²) in [7, 11) is 0. The predicted octanol–water partition coefficient (Wildman–Crippen LogP) is 20.5. The van der Waals surface area contributed by atoms with Crippen LogP contribution in [-0.2, 0) is 18.3 Å². The molecule has 8 rings (SSSR count). The molecule has 0 amide bonds. The van der Waals surface area contributed by atoms with Gasteiger partial charge < -0.3 is 0 Å². The first kappa shape index (κ1) is 49.0. The lowest BCUT2D eigenvalue weighted by molar-refractivity contribution is 0.294. The van der Waals surface area contributed by atoms with E-state index in [9.17, 15) is 0 Å². The number of fused-ring (bicyclic) bond motifs is 4. The van der Waals surface area contributed by atoms with Gasteiger partial charge in [-0.1, -0.05) is 262 Å². The maximum atomic E-state index is 2.70. The normalized spacial score (nSPS) is 15.3. The van der Waals surface area contributed by atoms with E-state index in [0.717, 1.165) is 12.8 Å². The Morgan fingerprint density at radius 3 is 1.27 bits per heavy atom. The zero-order chi connectivity index (χ0) is 47.2. The fourth-order valence-corrected chi connectivity index (χ4v) is 11.3. The highest BCUT2D eigenvalue weighted by Gasteiger charge is 2.27. The fourth-order valence-electron chi connectivity index (χ4n) is 11.3. The van der Waals surface area contributed by atoms with Crippen molar-refractivity contribution in [2.24, 2.45) is 23.2 Å². The van der Waals surface area contributed by atoms with E-state index >= 15 is 0 Å². The zero-order valence-corrected chi connectivity index (χ0v) is 43.1. The molecule has 0 heterocycles. The summed E-state index contributed by atoms with van der Waals surface area (Å²) in [6.45, 7) is 27.8. The van der Waals surface area contributed by atoms with E-state index in [-0.39, 0.29) is 10.8 Å². The molecule has 346 valence electrons. The van der Waals surface area contributed by atoms with Crippen molar-refractivity contribution >= 4 is 48.7 Å². The van der Waals surface area contributed by atoms with E-state index in [4.69, 9.17) is 0 Å². The van der Waals surface area contributed by atoms with Crippen LogP contribution in [0.25, 0.3) is 70.9 Å². The van der Waals surface area contributed by atoms with Crippen molar-refractivity contribution < 1.29 is 0 Å². The molecule has 0 fully saturated rings. The van der Waals surface area contributed by atoms with E-state index in [2.05, 4.69) is 197 Å². The Kier molecular flexibility index (Phi) is 15.8. The lowest BCUT2D eigenvalue weighted by Gasteiger charge is -2.30. The summed E-state index contributed by atoms with van der Waals surface area (Å²) in [4.78, 5) is 0.